The number of nitrogens with zero attached hydrogens (tertiary/aromatic N) is 1. The Bertz CT molecular complexity index is 361. The summed E-state index contributed by atoms with van der Waals surface area (Å²) >= 11 is 0. The zero-order valence-corrected chi connectivity index (χ0v) is 10.0. The zero-order chi connectivity index (χ0) is 13.3. The number of rotatable bonds is 3. The summed E-state index contributed by atoms with van der Waals surface area (Å²) in [6.45, 7) is -0.176. The van der Waals surface area contributed by atoms with Gasteiger partial charge in [-0.1, -0.05) is 0 Å². The molecular weight excluding hydrogens is 263 g/mol. The molecule has 0 radical (unpaired) electrons. The summed E-state index contributed by atoms with van der Waals surface area (Å²) in [7, 11) is -4.58. The molecule has 1 N–H and O–H groups in total. The van der Waals surface area contributed by atoms with Gasteiger partial charge in [-0.15, -0.1) is 0 Å². The van der Waals surface area contributed by atoms with Crippen LogP contribution in [0, 0.1) is 0 Å². The number of hydrogen-bond donors (Lipinski definition) is 1. The van der Waals surface area contributed by atoms with Gasteiger partial charge in [-0.25, -0.2) is 8.42 Å². The lowest BCUT2D eigenvalue weighted by atomic mass is 9.95. The van der Waals surface area contributed by atoms with Crippen LogP contribution in [-0.2, 0) is 14.8 Å². The van der Waals surface area contributed by atoms with Crippen LogP contribution in [0.4, 0.5) is 13.2 Å². The van der Waals surface area contributed by atoms with Crippen LogP contribution < -0.4 is 0 Å². The van der Waals surface area contributed by atoms with E-state index in [-0.39, 0.29) is 30.4 Å². The van der Waals surface area contributed by atoms with Crippen LogP contribution in [0.15, 0.2) is 0 Å². The third-order valence-electron chi connectivity index (χ3n) is 2.64. The number of likely N-dealkylation sites (N-methyl/N-ethyl adjacent to an activating group) is 1. The van der Waals surface area contributed by atoms with Crippen molar-refractivity contribution in [1.82, 2.24) is 4.31 Å². The number of hydrogen-bond acceptors (Lipinski definition) is 4. The second kappa shape index (κ2) is 4.71. The van der Waals surface area contributed by atoms with E-state index in [9.17, 15) is 26.7 Å². The van der Waals surface area contributed by atoms with E-state index >= 15 is 0 Å². The van der Waals surface area contributed by atoms with Crippen LogP contribution in [0.25, 0.3) is 0 Å². The molecule has 0 unspecified atom stereocenters. The van der Waals surface area contributed by atoms with Gasteiger partial charge < -0.3 is 9.84 Å². The standard InChI is InChI=1S/C8H14F3NO4S/c1-12(17(14,15)8(9,10)11)6-7(13)2-4-16-5-3-7/h13H,2-6H2,1H3. The molecular formula is C8H14F3NO4S. The molecule has 0 aromatic carbocycles. The van der Waals surface area contributed by atoms with Crippen molar-refractivity contribution < 1.29 is 31.4 Å². The van der Waals surface area contributed by atoms with Crippen molar-refractivity contribution in [1.29, 1.82) is 0 Å². The fraction of sp³-hybridized carbons (Fsp3) is 1.00. The van der Waals surface area contributed by atoms with E-state index < -0.39 is 27.7 Å². The quantitative estimate of drug-likeness (QED) is 0.806. The Kier molecular flexibility index (Phi) is 4.07. The maximum absolute atomic E-state index is 12.2. The second-order valence-corrected chi connectivity index (χ2v) is 6.08. The molecule has 0 saturated carbocycles. The lowest BCUT2D eigenvalue weighted by Crippen LogP contribution is -2.49. The lowest BCUT2D eigenvalue weighted by Gasteiger charge is -2.35. The Morgan fingerprint density at radius 1 is 1.35 bits per heavy atom. The Hall–Kier alpha value is -0.380. The molecule has 0 amide bonds. The van der Waals surface area contributed by atoms with Crippen LogP contribution in [0.2, 0.25) is 0 Å². The van der Waals surface area contributed by atoms with Gasteiger partial charge >= 0.3 is 15.5 Å². The van der Waals surface area contributed by atoms with Gasteiger partial charge in [0.1, 0.15) is 0 Å². The smallest absolute Gasteiger partial charge is 0.388 e. The van der Waals surface area contributed by atoms with Crippen molar-refractivity contribution >= 4 is 10.0 Å². The van der Waals surface area contributed by atoms with Crippen molar-refractivity contribution in [2.24, 2.45) is 0 Å². The van der Waals surface area contributed by atoms with E-state index in [1.54, 1.807) is 0 Å². The molecule has 5 nitrogen and oxygen atoms in total. The minimum atomic E-state index is -5.38. The largest absolute Gasteiger partial charge is 0.511 e. The third kappa shape index (κ3) is 3.30. The van der Waals surface area contributed by atoms with Gasteiger partial charge in [0.05, 0.1) is 5.60 Å². The average molecular weight is 277 g/mol. The highest BCUT2D eigenvalue weighted by molar-refractivity contribution is 7.89. The van der Waals surface area contributed by atoms with Crippen molar-refractivity contribution in [2.45, 2.75) is 24.0 Å². The van der Waals surface area contributed by atoms with Crippen molar-refractivity contribution in [3.8, 4) is 0 Å². The molecule has 1 heterocycles. The van der Waals surface area contributed by atoms with Gasteiger partial charge in [0.25, 0.3) is 0 Å². The molecule has 1 aliphatic rings. The molecule has 0 aliphatic carbocycles. The highest BCUT2D eigenvalue weighted by atomic mass is 32.2. The van der Waals surface area contributed by atoms with Gasteiger partial charge in [-0.05, 0) is 0 Å². The first-order chi connectivity index (χ1) is 7.58. The Morgan fingerprint density at radius 2 is 1.82 bits per heavy atom. The highest BCUT2D eigenvalue weighted by Gasteiger charge is 2.50. The number of alkyl halides is 3. The van der Waals surface area contributed by atoms with E-state index in [0.717, 1.165) is 7.05 Å². The summed E-state index contributed by atoms with van der Waals surface area (Å²) < 4.78 is 63.8. The van der Waals surface area contributed by atoms with E-state index in [1.807, 2.05) is 0 Å². The first kappa shape index (κ1) is 14.7. The second-order valence-electron chi connectivity index (χ2n) is 4.04. The summed E-state index contributed by atoms with van der Waals surface area (Å²) in [6, 6.07) is 0. The van der Waals surface area contributed by atoms with Crippen molar-refractivity contribution in [3.05, 3.63) is 0 Å². The van der Waals surface area contributed by atoms with Crippen LogP contribution in [0.1, 0.15) is 12.8 Å². The van der Waals surface area contributed by atoms with Crippen molar-refractivity contribution in [2.75, 3.05) is 26.8 Å². The molecule has 0 spiro atoms. The number of sulfonamides is 1. The van der Waals surface area contributed by atoms with E-state index in [1.165, 1.54) is 0 Å². The van der Waals surface area contributed by atoms with E-state index in [0.29, 0.717) is 0 Å². The van der Waals surface area contributed by atoms with Gasteiger partial charge in [0.15, 0.2) is 0 Å². The van der Waals surface area contributed by atoms with Gasteiger partial charge in [-0.2, -0.15) is 17.5 Å². The number of aliphatic hydroxyl groups is 1. The summed E-state index contributed by atoms with van der Waals surface area (Å²) in [6.07, 6.45) is 0.232. The predicted molar refractivity (Wildman–Crippen MR) is 52.6 cm³/mol. The Balaban J connectivity index is 2.75. The highest BCUT2D eigenvalue weighted by Crippen LogP contribution is 2.29. The Labute approximate surface area is 97.2 Å². The summed E-state index contributed by atoms with van der Waals surface area (Å²) in [5.41, 5.74) is -6.80. The minimum Gasteiger partial charge on any atom is -0.388 e. The minimum absolute atomic E-state index is 0.116. The molecule has 102 valence electrons. The lowest BCUT2D eigenvalue weighted by molar-refractivity contribution is -0.0748. The van der Waals surface area contributed by atoms with E-state index in [2.05, 4.69) is 0 Å². The van der Waals surface area contributed by atoms with Gasteiger partial charge in [-0.3, -0.25) is 0 Å². The molecule has 1 saturated heterocycles. The van der Waals surface area contributed by atoms with Crippen LogP contribution in [-0.4, -0.2) is 55.7 Å². The number of halogens is 3. The van der Waals surface area contributed by atoms with Gasteiger partial charge in [0, 0.05) is 39.6 Å². The molecule has 1 rings (SSSR count). The van der Waals surface area contributed by atoms with E-state index in [4.69, 9.17) is 4.74 Å². The monoisotopic (exact) mass is 277 g/mol. The molecule has 0 bridgehead atoms. The van der Waals surface area contributed by atoms with Gasteiger partial charge in [0.2, 0.25) is 0 Å². The molecule has 9 heteroatoms. The van der Waals surface area contributed by atoms with Crippen LogP contribution >= 0.6 is 0 Å². The van der Waals surface area contributed by atoms with Crippen molar-refractivity contribution in [3.63, 3.8) is 0 Å². The maximum atomic E-state index is 12.2. The normalized spacial score (nSPS) is 21.8. The predicted octanol–water partition coefficient (Wildman–Crippen LogP) is 0.309. The molecule has 0 atom stereocenters. The summed E-state index contributed by atoms with van der Waals surface area (Å²) in [5.74, 6) is 0. The topological polar surface area (TPSA) is 66.8 Å². The molecule has 0 aromatic heterocycles. The fourth-order valence-electron chi connectivity index (χ4n) is 1.59. The molecule has 0 aromatic rings. The summed E-state index contributed by atoms with van der Waals surface area (Å²) in [4.78, 5) is 0. The molecule has 17 heavy (non-hydrogen) atoms. The Morgan fingerprint density at radius 3 is 2.24 bits per heavy atom. The SMILES string of the molecule is CN(CC1(O)CCOCC1)S(=O)(=O)C(F)(F)F. The first-order valence-corrected chi connectivity index (χ1v) is 6.35. The van der Waals surface area contributed by atoms with Crippen LogP contribution in [0.5, 0.6) is 0 Å². The molecule has 1 aliphatic heterocycles. The fourth-order valence-corrected chi connectivity index (χ4v) is 2.35. The summed E-state index contributed by atoms with van der Waals surface area (Å²) in [5, 5.41) is 9.92. The average Bonchev–Trinajstić information content (AvgIpc) is 2.16. The number of ether oxygens (including phenoxy) is 1. The van der Waals surface area contributed by atoms with Crippen LogP contribution in [0.3, 0.4) is 0 Å². The zero-order valence-electron chi connectivity index (χ0n) is 9.20. The third-order valence-corrected chi connectivity index (χ3v) is 4.18. The maximum Gasteiger partial charge on any atom is 0.511 e. The first-order valence-electron chi connectivity index (χ1n) is 4.91. The molecule has 1 fully saturated rings.